The van der Waals surface area contributed by atoms with Crippen LogP contribution in [0.1, 0.15) is 11.6 Å². The SMILES string of the molecule is COC(=O)NC1=NCC(c2cccc(I)c2)N1C. The summed E-state index contributed by atoms with van der Waals surface area (Å²) in [4.78, 5) is 17.4. The van der Waals surface area contributed by atoms with Gasteiger partial charge in [-0.05, 0) is 40.3 Å². The molecule has 1 aromatic carbocycles. The van der Waals surface area contributed by atoms with Crippen LogP contribution in [0.4, 0.5) is 4.79 Å². The van der Waals surface area contributed by atoms with E-state index in [2.05, 4.69) is 49.8 Å². The number of hydrogen-bond acceptors (Lipinski definition) is 4. The van der Waals surface area contributed by atoms with Crippen molar-refractivity contribution >= 4 is 34.6 Å². The molecule has 0 spiro atoms. The number of benzene rings is 1. The predicted octanol–water partition coefficient (Wildman–Crippen LogP) is 1.99. The van der Waals surface area contributed by atoms with E-state index in [-0.39, 0.29) is 6.04 Å². The van der Waals surface area contributed by atoms with E-state index < -0.39 is 6.09 Å². The molecule has 1 heterocycles. The van der Waals surface area contributed by atoms with E-state index in [1.54, 1.807) is 0 Å². The second-order valence-corrected chi connectivity index (χ2v) is 5.21. The summed E-state index contributed by atoms with van der Waals surface area (Å²) in [6.07, 6.45) is -0.496. The fourth-order valence-corrected chi connectivity index (χ4v) is 2.43. The number of nitrogens with zero attached hydrogens (tertiary/aromatic N) is 2. The molecule has 1 aliphatic heterocycles. The largest absolute Gasteiger partial charge is 0.453 e. The van der Waals surface area contributed by atoms with E-state index in [0.29, 0.717) is 12.5 Å². The number of guanidine groups is 1. The van der Waals surface area contributed by atoms with Gasteiger partial charge in [0.05, 0.1) is 19.7 Å². The molecule has 1 unspecified atom stereocenters. The monoisotopic (exact) mass is 359 g/mol. The minimum Gasteiger partial charge on any atom is -0.453 e. The van der Waals surface area contributed by atoms with Crippen molar-refractivity contribution in [2.75, 3.05) is 20.7 Å². The van der Waals surface area contributed by atoms with E-state index in [1.807, 2.05) is 24.1 Å². The second-order valence-electron chi connectivity index (χ2n) is 3.96. The van der Waals surface area contributed by atoms with Crippen LogP contribution in [0.15, 0.2) is 29.3 Å². The highest BCUT2D eigenvalue weighted by molar-refractivity contribution is 14.1. The molecule has 18 heavy (non-hydrogen) atoms. The van der Waals surface area contributed by atoms with Gasteiger partial charge in [0.2, 0.25) is 5.96 Å². The summed E-state index contributed by atoms with van der Waals surface area (Å²) in [7, 11) is 3.24. The Morgan fingerprint density at radius 2 is 2.39 bits per heavy atom. The zero-order valence-electron chi connectivity index (χ0n) is 10.2. The minimum atomic E-state index is -0.496. The number of ether oxygens (including phenoxy) is 1. The molecular formula is C12H14IN3O2. The van der Waals surface area contributed by atoms with Crippen LogP contribution in [0.25, 0.3) is 0 Å². The number of likely N-dealkylation sites (N-methyl/N-ethyl adjacent to an activating group) is 1. The van der Waals surface area contributed by atoms with E-state index in [4.69, 9.17) is 0 Å². The lowest BCUT2D eigenvalue weighted by Gasteiger charge is -2.23. The Labute approximate surface area is 119 Å². The fraction of sp³-hybridized carbons (Fsp3) is 0.333. The molecule has 1 N–H and O–H groups in total. The first-order chi connectivity index (χ1) is 8.61. The number of alkyl carbamates (subject to hydrolysis) is 1. The Hall–Kier alpha value is -1.31. The normalized spacial score (nSPS) is 18.5. The molecule has 0 bridgehead atoms. The Bertz CT molecular complexity index is 490. The maximum atomic E-state index is 11.2. The van der Waals surface area contributed by atoms with E-state index in [0.717, 1.165) is 0 Å². The highest BCUT2D eigenvalue weighted by Gasteiger charge is 2.27. The van der Waals surface area contributed by atoms with Crippen molar-refractivity contribution in [3.63, 3.8) is 0 Å². The van der Waals surface area contributed by atoms with Gasteiger partial charge < -0.3 is 9.64 Å². The van der Waals surface area contributed by atoms with Gasteiger partial charge in [-0.3, -0.25) is 10.3 Å². The molecule has 0 fully saturated rings. The average molecular weight is 359 g/mol. The van der Waals surface area contributed by atoms with Crippen LogP contribution in [0.3, 0.4) is 0 Å². The summed E-state index contributed by atoms with van der Waals surface area (Å²) in [5, 5.41) is 2.61. The Kier molecular flexibility index (Phi) is 4.05. The van der Waals surface area contributed by atoms with Crippen molar-refractivity contribution in [3.8, 4) is 0 Å². The van der Waals surface area contributed by atoms with Crippen molar-refractivity contribution < 1.29 is 9.53 Å². The van der Waals surface area contributed by atoms with E-state index >= 15 is 0 Å². The summed E-state index contributed by atoms with van der Waals surface area (Å²) in [6.45, 7) is 0.635. The maximum Gasteiger partial charge on any atom is 0.413 e. The summed E-state index contributed by atoms with van der Waals surface area (Å²) in [6, 6.07) is 8.43. The number of halogens is 1. The zero-order chi connectivity index (χ0) is 13.1. The number of hydrogen-bond donors (Lipinski definition) is 1. The predicted molar refractivity (Wildman–Crippen MR) is 77.5 cm³/mol. The van der Waals surface area contributed by atoms with Crippen LogP contribution in [-0.4, -0.2) is 37.7 Å². The van der Waals surface area contributed by atoms with Gasteiger partial charge >= 0.3 is 6.09 Å². The first kappa shape index (κ1) is 13.1. The number of methoxy groups -OCH3 is 1. The Morgan fingerprint density at radius 1 is 1.61 bits per heavy atom. The summed E-state index contributed by atoms with van der Waals surface area (Å²) in [5.74, 6) is 0.547. The van der Waals surface area contributed by atoms with Gasteiger partial charge in [0.25, 0.3) is 0 Å². The minimum absolute atomic E-state index is 0.159. The lowest BCUT2D eigenvalue weighted by atomic mass is 10.1. The van der Waals surface area contributed by atoms with Crippen LogP contribution in [-0.2, 0) is 4.74 Å². The lowest BCUT2D eigenvalue weighted by molar-refractivity contribution is 0.175. The van der Waals surface area contributed by atoms with Crippen molar-refractivity contribution in [2.24, 2.45) is 4.99 Å². The molecule has 1 aliphatic rings. The molecule has 0 aliphatic carbocycles. The molecule has 96 valence electrons. The third-order valence-electron chi connectivity index (χ3n) is 2.85. The molecule has 0 saturated heterocycles. The summed E-state index contributed by atoms with van der Waals surface area (Å²) < 4.78 is 5.75. The smallest absolute Gasteiger partial charge is 0.413 e. The molecule has 0 radical (unpaired) electrons. The average Bonchev–Trinajstić information content (AvgIpc) is 2.71. The summed E-state index contributed by atoms with van der Waals surface area (Å²) in [5.41, 5.74) is 1.19. The molecule has 1 atom stereocenters. The summed E-state index contributed by atoms with van der Waals surface area (Å²) >= 11 is 2.28. The first-order valence-corrected chi connectivity index (χ1v) is 6.57. The van der Waals surface area contributed by atoms with Crippen LogP contribution in [0.5, 0.6) is 0 Å². The molecule has 0 aromatic heterocycles. The van der Waals surface area contributed by atoms with Gasteiger partial charge in [0.1, 0.15) is 0 Å². The molecule has 6 heteroatoms. The van der Waals surface area contributed by atoms with Crippen molar-refractivity contribution in [3.05, 3.63) is 33.4 Å². The van der Waals surface area contributed by atoms with Crippen molar-refractivity contribution in [2.45, 2.75) is 6.04 Å². The van der Waals surface area contributed by atoms with E-state index in [1.165, 1.54) is 16.2 Å². The topological polar surface area (TPSA) is 53.9 Å². The molecule has 0 saturated carbocycles. The third kappa shape index (κ3) is 2.74. The van der Waals surface area contributed by atoms with E-state index in [9.17, 15) is 4.79 Å². The Balaban J connectivity index is 2.10. The lowest BCUT2D eigenvalue weighted by Crippen LogP contribution is -2.40. The van der Waals surface area contributed by atoms with Gasteiger partial charge in [-0.15, -0.1) is 0 Å². The van der Waals surface area contributed by atoms with Crippen LogP contribution >= 0.6 is 22.6 Å². The van der Waals surface area contributed by atoms with Crippen LogP contribution in [0, 0.1) is 3.57 Å². The first-order valence-electron chi connectivity index (χ1n) is 5.49. The standard InChI is InChI=1S/C12H14IN3O2/c1-16-10(8-4-3-5-9(13)6-8)7-14-11(16)15-12(17)18-2/h3-6,10H,7H2,1-2H3,(H,14,15,17). The number of carbonyl (C=O) groups is 1. The molecular weight excluding hydrogens is 345 g/mol. The van der Waals surface area contributed by atoms with Crippen LogP contribution in [0.2, 0.25) is 0 Å². The highest BCUT2D eigenvalue weighted by atomic mass is 127. The number of amides is 1. The van der Waals surface area contributed by atoms with Crippen molar-refractivity contribution in [1.29, 1.82) is 0 Å². The van der Waals surface area contributed by atoms with Gasteiger partial charge in [-0.2, -0.15) is 0 Å². The molecule has 2 rings (SSSR count). The number of aliphatic imine (C=N–C) groups is 1. The highest BCUT2D eigenvalue weighted by Crippen LogP contribution is 2.25. The Morgan fingerprint density at radius 3 is 3.06 bits per heavy atom. The van der Waals surface area contributed by atoms with Crippen molar-refractivity contribution in [1.82, 2.24) is 10.2 Å². The van der Waals surface area contributed by atoms with Gasteiger partial charge in [0, 0.05) is 10.6 Å². The number of rotatable bonds is 1. The van der Waals surface area contributed by atoms with Gasteiger partial charge in [-0.1, -0.05) is 12.1 Å². The second kappa shape index (κ2) is 5.55. The quantitative estimate of drug-likeness (QED) is 0.781. The third-order valence-corrected chi connectivity index (χ3v) is 3.52. The molecule has 5 nitrogen and oxygen atoms in total. The molecule has 1 aromatic rings. The van der Waals surface area contributed by atoms with Crippen LogP contribution < -0.4 is 5.32 Å². The number of nitrogens with one attached hydrogen (secondary N) is 1. The van der Waals surface area contributed by atoms with Gasteiger partial charge in [0.15, 0.2) is 0 Å². The fourth-order valence-electron chi connectivity index (χ4n) is 1.87. The molecule has 1 amide bonds. The van der Waals surface area contributed by atoms with Gasteiger partial charge in [-0.25, -0.2) is 4.79 Å². The zero-order valence-corrected chi connectivity index (χ0v) is 12.3. The number of carbonyl (C=O) groups excluding carboxylic acids is 1. The maximum absolute atomic E-state index is 11.2.